The van der Waals surface area contributed by atoms with Gasteiger partial charge in [0, 0.05) is 13.1 Å². The quantitative estimate of drug-likeness (QED) is 0.550. The van der Waals surface area contributed by atoms with Crippen LogP contribution in [0.3, 0.4) is 0 Å². The van der Waals surface area contributed by atoms with Crippen LogP contribution in [0.2, 0.25) is 0 Å². The summed E-state index contributed by atoms with van der Waals surface area (Å²) in [6, 6.07) is 1.76. The minimum atomic E-state index is -4.47. The normalized spacial score (nSPS) is 11.4. The molecule has 0 spiro atoms. The molecular weight excluding hydrogens is 249 g/mol. The van der Waals surface area contributed by atoms with Gasteiger partial charge in [-0.3, -0.25) is 0 Å². The zero-order valence-corrected chi connectivity index (χ0v) is 9.83. The number of aliphatic hydroxyl groups is 1. The molecule has 0 radical (unpaired) electrons. The molecule has 0 aromatic carbocycles. The highest BCUT2D eigenvalue weighted by atomic mass is 19.4. The average Bonchev–Trinajstić information content (AvgIpc) is 2.34. The topological polar surface area (TPSA) is 74.4 Å². The molecule has 0 aliphatic carbocycles. The van der Waals surface area contributed by atoms with Crippen molar-refractivity contribution in [3.05, 3.63) is 17.7 Å². The fourth-order valence-corrected chi connectivity index (χ4v) is 1.47. The predicted molar refractivity (Wildman–Crippen MR) is 62.0 cm³/mol. The molecule has 0 atom stereocenters. The Kier molecular flexibility index (Phi) is 4.74. The smallest absolute Gasteiger partial charge is 0.395 e. The molecule has 0 saturated heterocycles. The van der Waals surface area contributed by atoms with Crippen LogP contribution in [0, 0.1) is 0 Å². The van der Waals surface area contributed by atoms with Crippen molar-refractivity contribution in [1.82, 2.24) is 4.98 Å². The second-order valence-corrected chi connectivity index (χ2v) is 3.54. The molecule has 1 rings (SSSR count). The van der Waals surface area contributed by atoms with E-state index < -0.39 is 11.7 Å². The minimum Gasteiger partial charge on any atom is -0.395 e. The Balaban J connectivity index is 3.18. The molecule has 5 nitrogen and oxygen atoms in total. The Morgan fingerprint density at radius 3 is 2.56 bits per heavy atom. The number of halogens is 3. The Hall–Kier alpha value is -1.54. The second kappa shape index (κ2) is 5.87. The Bertz CT molecular complexity index is 397. The highest BCUT2D eigenvalue weighted by Crippen LogP contribution is 2.32. The fraction of sp³-hybridized carbons (Fsp3) is 0.500. The van der Waals surface area contributed by atoms with Gasteiger partial charge >= 0.3 is 6.18 Å². The summed E-state index contributed by atoms with van der Waals surface area (Å²) in [4.78, 5) is 5.46. The number of hydrogen-bond donors (Lipinski definition) is 3. The van der Waals surface area contributed by atoms with Crippen LogP contribution in [0.5, 0.6) is 0 Å². The number of nitrogen functional groups attached to an aromatic ring is 1. The highest BCUT2D eigenvalue weighted by Gasteiger charge is 2.32. The lowest BCUT2D eigenvalue weighted by molar-refractivity contribution is -0.137. The van der Waals surface area contributed by atoms with Gasteiger partial charge < -0.3 is 15.4 Å². The molecule has 0 fully saturated rings. The summed E-state index contributed by atoms with van der Waals surface area (Å²) in [7, 11) is 0. The zero-order chi connectivity index (χ0) is 13.8. The van der Waals surface area contributed by atoms with Crippen molar-refractivity contribution < 1.29 is 18.3 Å². The molecule has 0 aliphatic rings. The largest absolute Gasteiger partial charge is 0.416 e. The molecule has 0 aliphatic heterocycles. The van der Waals surface area contributed by atoms with Crippen molar-refractivity contribution in [2.24, 2.45) is 5.84 Å². The van der Waals surface area contributed by atoms with E-state index in [1.54, 1.807) is 6.92 Å². The molecule has 0 amide bonds. The van der Waals surface area contributed by atoms with E-state index >= 15 is 0 Å². The molecule has 18 heavy (non-hydrogen) atoms. The van der Waals surface area contributed by atoms with Crippen LogP contribution in [0.15, 0.2) is 12.1 Å². The SMILES string of the molecule is CCN(CCO)c1cc(C(F)(F)F)cc(NN)n1. The number of nitrogens with zero attached hydrogens (tertiary/aromatic N) is 2. The Morgan fingerprint density at radius 2 is 2.11 bits per heavy atom. The predicted octanol–water partition coefficient (Wildman–Crippen LogP) is 1.20. The van der Waals surface area contributed by atoms with Gasteiger partial charge in [0.1, 0.15) is 11.6 Å². The maximum Gasteiger partial charge on any atom is 0.416 e. The van der Waals surface area contributed by atoms with E-state index in [2.05, 4.69) is 10.4 Å². The summed E-state index contributed by atoms with van der Waals surface area (Å²) < 4.78 is 38.0. The first kappa shape index (κ1) is 14.5. The van der Waals surface area contributed by atoms with Gasteiger partial charge in [-0.05, 0) is 19.1 Å². The number of anilines is 2. The number of aliphatic hydroxyl groups excluding tert-OH is 1. The van der Waals surface area contributed by atoms with E-state index in [4.69, 9.17) is 10.9 Å². The van der Waals surface area contributed by atoms with E-state index in [1.165, 1.54) is 4.90 Å². The van der Waals surface area contributed by atoms with E-state index in [9.17, 15) is 13.2 Å². The van der Waals surface area contributed by atoms with Crippen LogP contribution in [0.25, 0.3) is 0 Å². The van der Waals surface area contributed by atoms with Gasteiger partial charge in [0.2, 0.25) is 0 Å². The number of pyridine rings is 1. The number of hydrogen-bond acceptors (Lipinski definition) is 5. The molecule has 1 heterocycles. The lowest BCUT2D eigenvalue weighted by Gasteiger charge is -2.22. The van der Waals surface area contributed by atoms with Gasteiger partial charge in [-0.25, -0.2) is 10.8 Å². The van der Waals surface area contributed by atoms with Crippen LogP contribution < -0.4 is 16.2 Å². The molecule has 8 heteroatoms. The number of likely N-dealkylation sites (N-methyl/N-ethyl adjacent to an activating group) is 1. The van der Waals surface area contributed by atoms with E-state index in [0.717, 1.165) is 12.1 Å². The van der Waals surface area contributed by atoms with Gasteiger partial charge in [-0.15, -0.1) is 0 Å². The zero-order valence-electron chi connectivity index (χ0n) is 9.83. The van der Waals surface area contributed by atoms with E-state index in [-0.39, 0.29) is 24.8 Å². The summed E-state index contributed by atoms with van der Waals surface area (Å²) in [6.07, 6.45) is -4.47. The van der Waals surface area contributed by atoms with E-state index in [1.807, 2.05) is 0 Å². The van der Waals surface area contributed by atoms with Crippen molar-refractivity contribution in [3.8, 4) is 0 Å². The summed E-state index contributed by atoms with van der Waals surface area (Å²) in [5, 5.41) is 8.85. The molecule has 0 saturated carbocycles. The summed E-state index contributed by atoms with van der Waals surface area (Å²) >= 11 is 0. The number of nitrogens with two attached hydrogens (primary N) is 1. The number of aromatic nitrogens is 1. The first-order valence-electron chi connectivity index (χ1n) is 5.34. The molecular formula is C10H15F3N4O. The lowest BCUT2D eigenvalue weighted by Crippen LogP contribution is -2.28. The van der Waals surface area contributed by atoms with Crippen LogP contribution >= 0.6 is 0 Å². The third-order valence-corrected chi connectivity index (χ3v) is 2.36. The average molecular weight is 264 g/mol. The Labute approximate surface area is 102 Å². The first-order valence-corrected chi connectivity index (χ1v) is 5.34. The molecule has 1 aromatic rings. The van der Waals surface area contributed by atoms with E-state index in [0.29, 0.717) is 6.54 Å². The molecule has 0 unspecified atom stereocenters. The lowest BCUT2D eigenvalue weighted by atomic mass is 10.2. The van der Waals surface area contributed by atoms with Crippen LogP contribution in [0.1, 0.15) is 12.5 Å². The van der Waals surface area contributed by atoms with Gasteiger partial charge in [0.15, 0.2) is 0 Å². The summed E-state index contributed by atoms with van der Waals surface area (Å²) in [5.74, 6) is 5.15. The molecule has 0 bridgehead atoms. The van der Waals surface area contributed by atoms with Gasteiger partial charge in [-0.2, -0.15) is 13.2 Å². The van der Waals surface area contributed by atoms with Gasteiger partial charge in [-0.1, -0.05) is 0 Å². The van der Waals surface area contributed by atoms with Crippen molar-refractivity contribution in [2.45, 2.75) is 13.1 Å². The van der Waals surface area contributed by atoms with Gasteiger partial charge in [0.05, 0.1) is 12.2 Å². The second-order valence-electron chi connectivity index (χ2n) is 3.54. The Morgan fingerprint density at radius 1 is 1.44 bits per heavy atom. The monoisotopic (exact) mass is 264 g/mol. The van der Waals surface area contributed by atoms with Crippen molar-refractivity contribution in [2.75, 3.05) is 30.0 Å². The standard InChI is InChI=1S/C10H15F3N4O/c1-2-17(3-4-18)9-6-7(10(11,12)13)5-8(15-9)16-14/h5-6,18H,2-4,14H2,1H3,(H,15,16). The van der Waals surface area contributed by atoms with Crippen LogP contribution in [-0.4, -0.2) is 29.8 Å². The fourth-order valence-electron chi connectivity index (χ4n) is 1.47. The molecule has 102 valence electrons. The van der Waals surface area contributed by atoms with Crippen LogP contribution in [-0.2, 0) is 6.18 Å². The number of nitrogens with one attached hydrogen (secondary N) is 1. The molecule has 1 aromatic heterocycles. The summed E-state index contributed by atoms with van der Waals surface area (Å²) in [6.45, 7) is 2.22. The third-order valence-electron chi connectivity index (χ3n) is 2.36. The third kappa shape index (κ3) is 3.47. The van der Waals surface area contributed by atoms with Gasteiger partial charge in [0.25, 0.3) is 0 Å². The summed E-state index contributed by atoms with van der Waals surface area (Å²) in [5.41, 5.74) is 1.26. The van der Waals surface area contributed by atoms with Crippen molar-refractivity contribution in [3.63, 3.8) is 0 Å². The maximum absolute atomic E-state index is 12.7. The molecule has 4 N–H and O–H groups in total. The van der Waals surface area contributed by atoms with Crippen molar-refractivity contribution >= 4 is 11.6 Å². The minimum absolute atomic E-state index is 0.0729. The first-order chi connectivity index (χ1) is 8.42. The number of alkyl halides is 3. The number of rotatable bonds is 5. The number of hydrazine groups is 1. The maximum atomic E-state index is 12.7. The van der Waals surface area contributed by atoms with Crippen LogP contribution in [0.4, 0.5) is 24.8 Å². The van der Waals surface area contributed by atoms with Crippen molar-refractivity contribution in [1.29, 1.82) is 0 Å². The highest BCUT2D eigenvalue weighted by molar-refractivity contribution is 5.50.